The number of allylic oxidation sites excluding steroid dienone is 4. The summed E-state index contributed by atoms with van der Waals surface area (Å²) in [7, 11) is -9.92. The lowest BCUT2D eigenvalue weighted by molar-refractivity contribution is -0.161. The van der Waals surface area contributed by atoms with Crippen molar-refractivity contribution < 1.29 is 80.2 Å². The highest BCUT2D eigenvalue weighted by molar-refractivity contribution is 7.47. The highest BCUT2D eigenvalue weighted by Gasteiger charge is 2.30. The molecule has 0 bridgehead atoms. The molecule has 3 N–H and O–H groups in total. The topological polar surface area (TPSA) is 237 Å². The van der Waals surface area contributed by atoms with E-state index in [1.807, 2.05) is 0 Å². The summed E-state index contributed by atoms with van der Waals surface area (Å²) in [5, 5.41) is 10.6. The molecule has 566 valence electrons. The van der Waals surface area contributed by atoms with Gasteiger partial charge >= 0.3 is 39.5 Å². The van der Waals surface area contributed by atoms with E-state index in [1.54, 1.807) is 0 Å². The van der Waals surface area contributed by atoms with Crippen molar-refractivity contribution in [1.82, 2.24) is 0 Å². The summed E-state index contributed by atoms with van der Waals surface area (Å²) >= 11 is 0. The van der Waals surface area contributed by atoms with Crippen LogP contribution in [0.5, 0.6) is 0 Å². The van der Waals surface area contributed by atoms with Gasteiger partial charge in [-0.25, -0.2) is 9.13 Å². The molecule has 0 aliphatic rings. The van der Waals surface area contributed by atoms with Crippen molar-refractivity contribution in [3.8, 4) is 0 Å². The molecule has 0 aromatic carbocycles. The Hall–Kier alpha value is -2.46. The second-order valence-corrected chi connectivity index (χ2v) is 30.9. The zero-order valence-electron chi connectivity index (χ0n) is 62.2. The van der Waals surface area contributed by atoms with Crippen LogP contribution in [-0.2, 0) is 65.4 Å². The molecule has 96 heavy (non-hydrogen) atoms. The second-order valence-electron chi connectivity index (χ2n) is 28.0. The third-order valence-corrected chi connectivity index (χ3v) is 19.2. The van der Waals surface area contributed by atoms with Crippen LogP contribution in [0.1, 0.15) is 375 Å². The largest absolute Gasteiger partial charge is 0.472 e. The smallest absolute Gasteiger partial charge is 0.462 e. The molecule has 19 heteroatoms. The van der Waals surface area contributed by atoms with Gasteiger partial charge in [-0.3, -0.25) is 37.3 Å². The molecular weight excluding hydrogens is 1260 g/mol. The van der Waals surface area contributed by atoms with E-state index in [-0.39, 0.29) is 25.7 Å². The molecule has 17 nitrogen and oxygen atoms in total. The Balaban J connectivity index is 5.28. The molecule has 0 radical (unpaired) electrons. The van der Waals surface area contributed by atoms with Gasteiger partial charge in [-0.1, -0.05) is 323 Å². The zero-order valence-corrected chi connectivity index (χ0v) is 63.9. The number of ether oxygens (including phenoxy) is 4. The average Bonchev–Trinajstić information content (AvgIpc) is 1.57. The number of phosphoric acid groups is 2. The van der Waals surface area contributed by atoms with Crippen LogP contribution >= 0.6 is 15.6 Å². The van der Waals surface area contributed by atoms with Gasteiger partial charge in [-0.05, 0) is 63.2 Å². The lowest BCUT2D eigenvalue weighted by Crippen LogP contribution is -2.30. The molecule has 0 spiro atoms. The van der Waals surface area contributed by atoms with E-state index in [0.29, 0.717) is 25.7 Å². The predicted molar refractivity (Wildman–Crippen MR) is 391 cm³/mol. The first-order chi connectivity index (χ1) is 46.4. The summed E-state index contributed by atoms with van der Waals surface area (Å²) in [5.74, 6) is -0.609. The molecule has 0 rings (SSSR count). The van der Waals surface area contributed by atoms with Crippen LogP contribution < -0.4 is 0 Å². The van der Waals surface area contributed by atoms with Crippen molar-refractivity contribution in [2.75, 3.05) is 39.6 Å². The lowest BCUT2D eigenvalue weighted by atomic mass is 10.0. The minimum absolute atomic E-state index is 0.101. The van der Waals surface area contributed by atoms with Crippen LogP contribution in [0.2, 0.25) is 0 Å². The lowest BCUT2D eigenvalue weighted by Gasteiger charge is -2.21. The van der Waals surface area contributed by atoms with Gasteiger partial charge in [0.2, 0.25) is 0 Å². The number of unbranched alkanes of at least 4 members (excludes halogenated alkanes) is 41. The van der Waals surface area contributed by atoms with E-state index >= 15 is 0 Å². The number of carbonyl (C=O) groups excluding carboxylic acids is 4. The van der Waals surface area contributed by atoms with Gasteiger partial charge in [0.15, 0.2) is 12.2 Å². The molecule has 0 aromatic rings. The molecule has 2 unspecified atom stereocenters. The van der Waals surface area contributed by atoms with Crippen LogP contribution in [0.15, 0.2) is 24.3 Å². The van der Waals surface area contributed by atoms with Crippen molar-refractivity contribution in [1.29, 1.82) is 0 Å². The Morgan fingerprint density at radius 3 is 0.854 bits per heavy atom. The van der Waals surface area contributed by atoms with E-state index in [0.717, 1.165) is 121 Å². The van der Waals surface area contributed by atoms with Crippen LogP contribution in [0.25, 0.3) is 0 Å². The first-order valence-corrected chi connectivity index (χ1v) is 42.3. The molecule has 0 saturated heterocycles. The highest BCUT2D eigenvalue weighted by Crippen LogP contribution is 2.45. The normalized spacial score (nSPS) is 14.2. The molecule has 0 amide bonds. The average molecular weight is 1410 g/mol. The number of rotatable bonds is 74. The Labute approximate surface area is 586 Å². The molecule has 0 aliphatic heterocycles. The third-order valence-electron chi connectivity index (χ3n) is 17.3. The summed E-state index contributed by atoms with van der Waals surface area (Å²) in [5.41, 5.74) is 0. The summed E-state index contributed by atoms with van der Waals surface area (Å²) in [6.07, 6.45) is 59.0. The van der Waals surface area contributed by atoms with Gasteiger partial charge in [0, 0.05) is 25.7 Å². The maximum atomic E-state index is 13.1. The van der Waals surface area contributed by atoms with Crippen molar-refractivity contribution in [2.24, 2.45) is 11.8 Å². The Bertz CT molecular complexity index is 1950. The minimum Gasteiger partial charge on any atom is -0.462 e. The first-order valence-electron chi connectivity index (χ1n) is 39.3. The minimum atomic E-state index is -4.97. The standard InChI is InChI=1S/C77H146O17P2/c1-7-9-11-13-15-17-19-20-22-26-30-36-42-48-54-60-75(80)88-65-72(93-76(81)61-55-49-43-37-31-27-24-21-23-25-29-33-39-45-51-57-69(3)4)67-91-95(83,84)89-63-71(78)64-90-96(85,86)92-68-73(66-87-74(79)59-53-47-41-35-28-18-16-14-12-10-8-2)94-77(82)62-56-50-44-38-32-34-40-46-52-58-70(5)6/h17,19-20,22,69-73,78H,7-16,18,21,23-68H2,1-6H3,(H,83,84)(H,85,86)/b19-17-,22-20-/t71-,72-,73-/m1/s1. The number of aliphatic hydroxyl groups excluding tert-OH is 1. The highest BCUT2D eigenvalue weighted by atomic mass is 31.2. The molecular formula is C77H146O17P2. The predicted octanol–water partition coefficient (Wildman–Crippen LogP) is 22.3. The Morgan fingerprint density at radius 2 is 0.562 bits per heavy atom. The van der Waals surface area contributed by atoms with Gasteiger partial charge in [-0.15, -0.1) is 0 Å². The molecule has 0 heterocycles. The van der Waals surface area contributed by atoms with E-state index in [4.69, 9.17) is 37.0 Å². The maximum Gasteiger partial charge on any atom is 0.472 e. The number of phosphoric ester groups is 2. The van der Waals surface area contributed by atoms with Crippen LogP contribution in [-0.4, -0.2) is 96.7 Å². The molecule has 0 saturated carbocycles. The summed E-state index contributed by atoms with van der Waals surface area (Å²) < 4.78 is 68.5. The summed E-state index contributed by atoms with van der Waals surface area (Å²) in [6, 6.07) is 0. The maximum absolute atomic E-state index is 13.1. The molecule has 0 fully saturated rings. The van der Waals surface area contributed by atoms with E-state index in [9.17, 15) is 43.2 Å². The van der Waals surface area contributed by atoms with Crippen molar-refractivity contribution in [3.63, 3.8) is 0 Å². The van der Waals surface area contributed by atoms with E-state index in [1.165, 1.54) is 173 Å². The van der Waals surface area contributed by atoms with Gasteiger partial charge in [0.05, 0.1) is 26.4 Å². The number of hydrogen-bond donors (Lipinski definition) is 3. The van der Waals surface area contributed by atoms with Crippen LogP contribution in [0, 0.1) is 11.8 Å². The SMILES string of the molecule is CCCCCC/C=C\C=C/CCCCCCCC(=O)OC[C@H](COP(=O)(O)OC[C@@H](O)COP(=O)(O)OC[C@@H](COC(=O)CCCCCCCCCCCCC)OC(=O)CCCCCCCCCCCC(C)C)OC(=O)CCCCCCCCCCCCCCCCCC(C)C. The number of hydrogen-bond acceptors (Lipinski definition) is 15. The fraction of sp³-hybridized carbons (Fsp3) is 0.896. The van der Waals surface area contributed by atoms with Crippen molar-refractivity contribution in [3.05, 3.63) is 24.3 Å². The molecule has 5 atom stereocenters. The second kappa shape index (κ2) is 68.3. The zero-order chi connectivity index (χ0) is 70.7. The van der Waals surface area contributed by atoms with Crippen LogP contribution in [0.3, 0.4) is 0 Å². The third kappa shape index (κ3) is 70.0. The van der Waals surface area contributed by atoms with Gasteiger partial charge < -0.3 is 33.8 Å². The van der Waals surface area contributed by atoms with Gasteiger partial charge in [0.25, 0.3) is 0 Å². The monoisotopic (exact) mass is 1410 g/mol. The van der Waals surface area contributed by atoms with Gasteiger partial charge in [-0.2, -0.15) is 0 Å². The van der Waals surface area contributed by atoms with Gasteiger partial charge in [0.1, 0.15) is 19.3 Å². The van der Waals surface area contributed by atoms with Crippen molar-refractivity contribution >= 4 is 39.5 Å². The van der Waals surface area contributed by atoms with E-state index < -0.39 is 97.5 Å². The Morgan fingerprint density at radius 1 is 0.323 bits per heavy atom. The number of carbonyl (C=O) groups is 4. The Kier molecular flexibility index (Phi) is 66.6. The fourth-order valence-electron chi connectivity index (χ4n) is 11.3. The fourth-order valence-corrected chi connectivity index (χ4v) is 12.9. The summed E-state index contributed by atoms with van der Waals surface area (Å²) in [6.45, 7) is 9.53. The molecule has 0 aliphatic carbocycles. The quantitative estimate of drug-likeness (QED) is 0.0169. The number of aliphatic hydroxyl groups is 1. The van der Waals surface area contributed by atoms with E-state index in [2.05, 4.69) is 65.8 Å². The van der Waals surface area contributed by atoms with Crippen LogP contribution in [0.4, 0.5) is 0 Å². The molecule has 0 aromatic heterocycles. The summed E-state index contributed by atoms with van der Waals surface area (Å²) in [4.78, 5) is 72.8. The van der Waals surface area contributed by atoms with Crippen molar-refractivity contribution in [2.45, 2.75) is 394 Å². The number of esters is 4. The first kappa shape index (κ1) is 93.5.